The van der Waals surface area contributed by atoms with E-state index in [1.165, 1.54) is 48.5 Å². The summed E-state index contributed by atoms with van der Waals surface area (Å²) in [6.07, 6.45) is 0. The first-order valence-corrected chi connectivity index (χ1v) is 5.71. The fourth-order valence-corrected chi connectivity index (χ4v) is 1.76. The first kappa shape index (κ1) is 13.4. The predicted molar refractivity (Wildman–Crippen MR) is 72.6 cm³/mol. The summed E-state index contributed by atoms with van der Waals surface area (Å²) in [4.78, 5) is 24.1. The van der Waals surface area contributed by atoms with Gasteiger partial charge in [-0.1, -0.05) is 12.1 Å². The molecule has 0 spiro atoms. The van der Waals surface area contributed by atoms with Crippen molar-refractivity contribution >= 4 is 23.2 Å². The van der Waals surface area contributed by atoms with Gasteiger partial charge in [-0.05, 0) is 24.3 Å². The number of anilines is 2. The van der Waals surface area contributed by atoms with E-state index in [0.29, 0.717) is 0 Å². The lowest BCUT2D eigenvalue weighted by atomic mass is 10.2. The highest BCUT2D eigenvalue weighted by Gasteiger charge is 2.23. The van der Waals surface area contributed by atoms with E-state index in [0.717, 1.165) is 4.90 Å². The lowest BCUT2D eigenvalue weighted by Gasteiger charge is -2.21. The molecule has 0 aliphatic rings. The van der Waals surface area contributed by atoms with Crippen LogP contribution < -0.4 is 10.6 Å². The minimum Gasteiger partial charge on any atom is -0.508 e. The summed E-state index contributed by atoms with van der Waals surface area (Å²) in [5.41, 5.74) is 5.56. The van der Waals surface area contributed by atoms with E-state index >= 15 is 0 Å². The van der Waals surface area contributed by atoms with Crippen molar-refractivity contribution in [2.24, 2.45) is 5.73 Å². The van der Waals surface area contributed by atoms with Crippen LogP contribution in [0.3, 0.4) is 0 Å². The molecule has 0 saturated heterocycles. The van der Waals surface area contributed by atoms with Crippen LogP contribution in [0.4, 0.5) is 11.4 Å². The van der Waals surface area contributed by atoms with Gasteiger partial charge in [0.2, 0.25) is 0 Å². The van der Waals surface area contributed by atoms with Crippen molar-refractivity contribution in [1.29, 1.82) is 0 Å². The second-order valence-corrected chi connectivity index (χ2v) is 4.04. The monoisotopic (exact) mass is 272 g/mol. The van der Waals surface area contributed by atoms with Crippen LogP contribution in [-0.4, -0.2) is 22.0 Å². The number of rotatable bonds is 2. The van der Waals surface area contributed by atoms with Crippen LogP contribution in [0.5, 0.6) is 11.5 Å². The predicted octanol–water partition coefficient (Wildman–Crippen LogP) is 1.25. The molecule has 20 heavy (non-hydrogen) atoms. The molecule has 2 rings (SSSR count). The van der Waals surface area contributed by atoms with Gasteiger partial charge in [-0.25, -0.2) is 0 Å². The van der Waals surface area contributed by atoms with Crippen molar-refractivity contribution in [2.75, 3.05) is 4.90 Å². The second kappa shape index (κ2) is 5.31. The second-order valence-electron chi connectivity index (χ2n) is 4.04. The van der Waals surface area contributed by atoms with Crippen LogP contribution >= 0.6 is 0 Å². The molecule has 0 fully saturated rings. The topological polar surface area (TPSA) is 104 Å². The average Bonchev–Trinajstić information content (AvgIpc) is 2.39. The third-order valence-electron chi connectivity index (χ3n) is 2.59. The van der Waals surface area contributed by atoms with Crippen LogP contribution in [-0.2, 0) is 9.59 Å². The van der Waals surface area contributed by atoms with Gasteiger partial charge in [0, 0.05) is 12.1 Å². The number of aromatic hydroxyl groups is 2. The van der Waals surface area contributed by atoms with E-state index in [9.17, 15) is 19.8 Å². The third-order valence-corrected chi connectivity index (χ3v) is 2.59. The zero-order valence-corrected chi connectivity index (χ0v) is 10.4. The van der Waals surface area contributed by atoms with Crippen molar-refractivity contribution in [1.82, 2.24) is 0 Å². The number of benzene rings is 2. The molecule has 0 aromatic heterocycles. The van der Waals surface area contributed by atoms with Gasteiger partial charge in [0.1, 0.15) is 11.5 Å². The number of carbonyl (C=O) groups is 2. The minimum atomic E-state index is -1.14. The quantitative estimate of drug-likeness (QED) is 0.715. The van der Waals surface area contributed by atoms with Gasteiger partial charge < -0.3 is 15.9 Å². The van der Waals surface area contributed by atoms with Crippen LogP contribution in [0, 0.1) is 0 Å². The van der Waals surface area contributed by atoms with Gasteiger partial charge in [0.15, 0.2) is 0 Å². The average molecular weight is 272 g/mol. The molecule has 0 radical (unpaired) electrons. The zero-order chi connectivity index (χ0) is 14.7. The fraction of sp³-hybridized carbons (Fsp3) is 0. The Morgan fingerprint density at radius 3 is 1.70 bits per heavy atom. The fourth-order valence-electron chi connectivity index (χ4n) is 1.76. The Morgan fingerprint density at radius 1 is 0.900 bits per heavy atom. The van der Waals surface area contributed by atoms with Gasteiger partial charge >= 0.3 is 11.8 Å². The Labute approximate surface area is 114 Å². The summed E-state index contributed by atoms with van der Waals surface area (Å²) in [6, 6.07) is 11.6. The third kappa shape index (κ3) is 2.69. The number of hydrogen-bond donors (Lipinski definition) is 3. The van der Waals surface area contributed by atoms with Gasteiger partial charge in [-0.15, -0.1) is 0 Å². The van der Waals surface area contributed by atoms with E-state index < -0.39 is 11.8 Å². The Morgan fingerprint density at radius 2 is 1.35 bits per heavy atom. The molecule has 2 aromatic rings. The van der Waals surface area contributed by atoms with Gasteiger partial charge in [0.25, 0.3) is 0 Å². The molecule has 6 heteroatoms. The lowest BCUT2D eigenvalue weighted by Crippen LogP contribution is -2.37. The maximum atomic E-state index is 12.0. The molecule has 2 aromatic carbocycles. The highest BCUT2D eigenvalue weighted by atomic mass is 16.3. The molecular weight excluding hydrogens is 260 g/mol. The van der Waals surface area contributed by atoms with Crippen molar-refractivity contribution in [2.45, 2.75) is 0 Å². The molecule has 0 aliphatic heterocycles. The number of phenolic OH excluding ortho intramolecular Hbond substituents is 2. The van der Waals surface area contributed by atoms with E-state index in [-0.39, 0.29) is 22.9 Å². The minimum absolute atomic E-state index is 0.0649. The molecule has 6 nitrogen and oxygen atoms in total. The normalized spacial score (nSPS) is 10.0. The van der Waals surface area contributed by atoms with Crippen molar-refractivity contribution in [3.8, 4) is 11.5 Å². The lowest BCUT2D eigenvalue weighted by molar-refractivity contribution is -0.135. The maximum absolute atomic E-state index is 12.0. The standard InChI is InChI=1S/C14H12N2O4/c15-13(19)14(20)16(9-3-1-5-11(17)7-9)10-4-2-6-12(18)8-10/h1-8,17-18H,(H2,15,19). The summed E-state index contributed by atoms with van der Waals surface area (Å²) in [5, 5.41) is 19.0. The van der Waals surface area contributed by atoms with E-state index in [2.05, 4.69) is 0 Å². The van der Waals surface area contributed by atoms with Gasteiger partial charge in [0.05, 0.1) is 11.4 Å². The van der Waals surface area contributed by atoms with Crippen LogP contribution in [0.1, 0.15) is 0 Å². The highest BCUT2D eigenvalue weighted by Crippen LogP contribution is 2.30. The smallest absolute Gasteiger partial charge is 0.320 e. The number of nitrogens with two attached hydrogens (primary N) is 1. The summed E-state index contributed by atoms with van der Waals surface area (Å²) in [7, 11) is 0. The van der Waals surface area contributed by atoms with Crippen molar-refractivity contribution < 1.29 is 19.8 Å². The maximum Gasteiger partial charge on any atom is 0.320 e. The van der Waals surface area contributed by atoms with Crippen LogP contribution in [0.25, 0.3) is 0 Å². The van der Waals surface area contributed by atoms with E-state index in [1.807, 2.05) is 0 Å². The van der Waals surface area contributed by atoms with E-state index in [1.54, 1.807) is 0 Å². The van der Waals surface area contributed by atoms with Crippen molar-refractivity contribution in [3.63, 3.8) is 0 Å². The molecule has 0 saturated carbocycles. The van der Waals surface area contributed by atoms with Crippen molar-refractivity contribution in [3.05, 3.63) is 48.5 Å². The Hall–Kier alpha value is -3.02. The summed E-state index contributed by atoms with van der Waals surface area (Å²) >= 11 is 0. The van der Waals surface area contributed by atoms with E-state index in [4.69, 9.17) is 5.73 Å². The SMILES string of the molecule is NC(=O)C(=O)N(c1cccc(O)c1)c1cccc(O)c1. The Kier molecular flexibility index (Phi) is 3.56. The van der Waals surface area contributed by atoms with Gasteiger partial charge in [-0.2, -0.15) is 0 Å². The molecule has 2 amide bonds. The summed E-state index contributed by atoms with van der Waals surface area (Å²) in [6.45, 7) is 0. The first-order valence-electron chi connectivity index (χ1n) is 5.71. The molecular formula is C14H12N2O4. The Balaban J connectivity index is 2.56. The summed E-state index contributed by atoms with van der Waals surface area (Å²) < 4.78 is 0. The number of hydrogen-bond acceptors (Lipinski definition) is 4. The Bertz CT molecular complexity index is 624. The highest BCUT2D eigenvalue weighted by molar-refractivity contribution is 6.41. The molecule has 0 atom stereocenters. The number of carbonyl (C=O) groups excluding carboxylic acids is 2. The molecule has 0 unspecified atom stereocenters. The molecule has 102 valence electrons. The molecule has 0 heterocycles. The largest absolute Gasteiger partial charge is 0.508 e. The number of phenols is 2. The number of nitrogens with zero attached hydrogens (tertiary/aromatic N) is 1. The van der Waals surface area contributed by atoms with Crippen LogP contribution in [0.2, 0.25) is 0 Å². The number of amides is 2. The van der Waals surface area contributed by atoms with Crippen LogP contribution in [0.15, 0.2) is 48.5 Å². The molecule has 0 aliphatic carbocycles. The van der Waals surface area contributed by atoms with Gasteiger partial charge in [-0.3, -0.25) is 14.5 Å². The molecule has 0 bridgehead atoms. The first-order chi connectivity index (χ1) is 9.49. The molecule has 4 N–H and O–H groups in total. The summed E-state index contributed by atoms with van der Waals surface area (Å²) in [5.74, 6) is -2.24. The number of primary amides is 1. The zero-order valence-electron chi connectivity index (χ0n) is 10.4.